The van der Waals surface area contributed by atoms with Gasteiger partial charge in [0.1, 0.15) is 5.75 Å². The number of methoxy groups -OCH3 is 1. The maximum absolute atomic E-state index is 11.8. The number of nitrogens with zero attached hydrogens (tertiary/aromatic N) is 1. The van der Waals surface area contributed by atoms with Crippen LogP contribution >= 0.6 is 0 Å². The molecule has 0 aliphatic carbocycles. The van der Waals surface area contributed by atoms with Crippen molar-refractivity contribution in [1.82, 2.24) is 4.90 Å². The van der Waals surface area contributed by atoms with Crippen molar-refractivity contribution in [3.63, 3.8) is 0 Å². The molecule has 0 N–H and O–H groups in total. The number of benzene rings is 1. The van der Waals surface area contributed by atoms with Crippen molar-refractivity contribution in [3.8, 4) is 5.75 Å². The van der Waals surface area contributed by atoms with E-state index >= 15 is 0 Å². The smallest absolute Gasteiger partial charge is 0.307 e. The van der Waals surface area contributed by atoms with Crippen LogP contribution in [0.15, 0.2) is 18.2 Å². The summed E-state index contributed by atoms with van der Waals surface area (Å²) in [6, 6.07) is 5.79. The lowest BCUT2D eigenvalue weighted by molar-refractivity contribution is -0.141. The zero-order valence-electron chi connectivity index (χ0n) is 12.4. The van der Waals surface area contributed by atoms with Gasteiger partial charge in [-0.1, -0.05) is 17.7 Å². The lowest BCUT2D eigenvalue weighted by Crippen LogP contribution is -2.33. The van der Waals surface area contributed by atoms with Crippen molar-refractivity contribution in [2.45, 2.75) is 20.3 Å². The van der Waals surface area contributed by atoms with E-state index in [0.717, 1.165) is 11.1 Å². The first kappa shape index (κ1) is 16.0. The van der Waals surface area contributed by atoms with Crippen LogP contribution in [0.2, 0.25) is 0 Å². The van der Waals surface area contributed by atoms with E-state index < -0.39 is 0 Å². The van der Waals surface area contributed by atoms with Gasteiger partial charge < -0.3 is 14.4 Å². The number of hydrogen-bond acceptors (Lipinski definition) is 4. The van der Waals surface area contributed by atoms with Gasteiger partial charge in [-0.25, -0.2) is 0 Å². The summed E-state index contributed by atoms with van der Waals surface area (Å²) < 4.78 is 10.0. The minimum Gasteiger partial charge on any atom is -0.484 e. The topological polar surface area (TPSA) is 55.8 Å². The summed E-state index contributed by atoms with van der Waals surface area (Å²) >= 11 is 0. The standard InChI is InChI=1S/C15H21NO4/c1-11-5-6-13(12(2)9-11)20-10-14(17)16(3)8-7-15(18)19-4/h5-6,9H,7-8,10H2,1-4H3. The Morgan fingerprint density at radius 1 is 1.25 bits per heavy atom. The lowest BCUT2D eigenvalue weighted by Gasteiger charge is -2.17. The Morgan fingerprint density at radius 3 is 2.55 bits per heavy atom. The number of esters is 1. The average Bonchev–Trinajstić information content (AvgIpc) is 2.42. The van der Waals surface area contributed by atoms with Crippen LogP contribution in [0.4, 0.5) is 0 Å². The van der Waals surface area contributed by atoms with Gasteiger partial charge in [-0.3, -0.25) is 9.59 Å². The Morgan fingerprint density at radius 2 is 1.95 bits per heavy atom. The highest BCUT2D eigenvalue weighted by Gasteiger charge is 2.12. The molecule has 1 rings (SSSR count). The molecular weight excluding hydrogens is 258 g/mol. The van der Waals surface area contributed by atoms with Crippen LogP contribution in [-0.4, -0.2) is 44.1 Å². The molecule has 0 saturated carbocycles. The molecule has 0 aliphatic rings. The second kappa shape index (κ2) is 7.53. The molecule has 0 unspecified atom stereocenters. The third kappa shape index (κ3) is 4.91. The van der Waals surface area contributed by atoms with Gasteiger partial charge in [0, 0.05) is 13.6 Å². The molecule has 0 fully saturated rings. The quantitative estimate of drug-likeness (QED) is 0.744. The van der Waals surface area contributed by atoms with Crippen LogP contribution < -0.4 is 4.74 Å². The summed E-state index contributed by atoms with van der Waals surface area (Å²) in [5, 5.41) is 0. The highest BCUT2D eigenvalue weighted by Crippen LogP contribution is 2.18. The molecule has 0 aliphatic heterocycles. The van der Waals surface area contributed by atoms with Crippen molar-refractivity contribution in [2.75, 3.05) is 27.3 Å². The van der Waals surface area contributed by atoms with Crippen LogP contribution in [-0.2, 0) is 14.3 Å². The molecule has 110 valence electrons. The molecule has 1 amide bonds. The van der Waals surface area contributed by atoms with E-state index in [9.17, 15) is 9.59 Å². The fraction of sp³-hybridized carbons (Fsp3) is 0.467. The average molecular weight is 279 g/mol. The zero-order chi connectivity index (χ0) is 15.1. The Bertz CT molecular complexity index is 485. The maximum Gasteiger partial charge on any atom is 0.307 e. The van der Waals surface area contributed by atoms with Gasteiger partial charge in [0.15, 0.2) is 6.61 Å². The van der Waals surface area contributed by atoms with Crippen molar-refractivity contribution in [3.05, 3.63) is 29.3 Å². The van der Waals surface area contributed by atoms with Gasteiger partial charge >= 0.3 is 5.97 Å². The number of amides is 1. The number of carbonyl (C=O) groups is 2. The highest BCUT2D eigenvalue weighted by molar-refractivity contribution is 5.78. The summed E-state index contributed by atoms with van der Waals surface area (Å²) in [7, 11) is 2.96. The molecule has 0 bridgehead atoms. The number of carbonyl (C=O) groups excluding carboxylic acids is 2. The molecule has 0 heterocycles. The van der Waals surface area contributed by atoms with Gasteiger partial charge in [-0.05, 0) is 25.5 Å². The minimum atomic E-state index is -0.333. The second-order valence-corrected chi connectivity index (χ2v) is 4.70. The van der Waals surface area contributed by atoms with E-state index in [1.54, 1.807) is 7.05 Å². The number of ether oxygens (including phenoxy) is 2. The Labute approximate surface area is 119 Å². The van der Waals surface area contributed by atoms with Crippen molar-refractivity contribution in [1.29, 1.82) is 0 Å². The predicted molar refractivity (Wildman–Crippen MR) is 75.7 cm³/mol. The van der Waals surface area contributed by atoms with Crippen LogP contribution in [0.3, 0.4) is 0 Å². The molecule has 0 atom stereocenters. The summed E-state index contributed by atoms with van der Waals surface area (Å²) in [6.45, 7) is 4.22. The Hall–Kier alpha value is -2.04. The van der Waals surface area contributed by atoms with Gasteiger partial charge in [0.2, 0.25) is 0 Å². The van der Waals surface area contributed by atoms with Crippen molar-refractivity contribution < 1.29 is 19.1 Å². The monoisotopic (exact) mass is 279 g/mol. The lowest BCUT2D eigenvalue weighted by atomic mass is 10.1. The molecule has 0 spiro atoms. The minimum absolute atomic E-state index is 0.0401. The highest BCUT2D eigenvalue weighted by atomic mass is 16.5. The van der Waals surface area contributed by atoms with E-state index in [1.807, 2.05) is 32.0 Å². The molecule has 1 aromatic carbocycles. The Kier molecular flexibility index (Phi) is 6.03. The van der Waals surface area contributed by atoms with E-state index in [0.29, 0.717) is 12.3 Å². The third-order valence-electron chi connectivity index (χ3n) is 2.99. The molecule has 0 radical (unpaired) electrons. The largest absolute Gasteiger partial charge is 0.484 e. The summed E-state index contributed by atoms with van der Waals surface area (Å²) in [6.07, 6.45) is 0.183. The van der Waals surface area contributed by atoms with E-state index in [-0.39, 0.29) is 24.9 Å². The van der Waals surface area contributed by atoms with Gasteiger partial charge in [-0.15, -0.1) is 0 Å². The predicted octanol–water partition coefficient (Wildman–Crippen LogP) is 1.70. The summed E-state index contributed by atoms with van der Waals surface area (Å²) in [4.78, 5) is 24.3. The number of rotatable bonds is 6. The van der Waals surface area contributed by atoms with Gasteiger partial charge in [0.25, 0.3) is 5.91 Å². The van der Waals surface area contributed by atoms with Crippen LogP contribution in [0.5, 0.6) is 5.75 Å². The van der Waals surface area contributed by atoms with E-state index in [1.165, 1.54) is 12.0 Å². The molecule has 20 heavy (non-hydrogen) atoms. The van der Waals surface area contributed by atoms with Crippen LogP contribution in [0.25, 0.3) is 0 Å². The Balaban J connectivity index is 2.44. The summed E-state index contributed by atoms with van der Waals surface area (Å²) in [5.74, 6) is 0.194. The second-order valence-electron chi connectivity index (χ2n) is 4.70. The molecule has 5 heteroatoms. The van der Waals surface area contributed by atoms with Gasteiger partial charge in [-0.2, -0.15) is 0 Å². The summed E-state index contributed by atoms with van der Waals surface area (Å²) in [5.41, 5.74) is 2.14. The van der Waals surface area contributed by atoms with E-state index in [4.69, 9.17) is 4.74 Å². The first-order valence-electron chi connectivity index (χ1n) is 6.45. The molecular formula is C15H21NO4. The number of hydrogen-bond donors (Lipinski definition) is 0. The molecule has 0 saturated heterocycles. The van der Waals surface area contributed by atoms with Crippen LogP contribution in [0.1, 0.15) is 17.5 Å². The first-order chi connectivity index (χ1) is 9.43. The molecule has 5 nitrogen and oxygen atoms in total. The fourth-order valence-corrected chi connectivity index (χ4v) is 1.70. The van der Waals surface area contributed by atoms with Crippen molar-refractivity contribution in [2.24, 2.45) is 0 Å². The van der Waals surface area contributed by atoms with E-state index in [2.05, 4.69) is 4.74 Å². The number of likely N-dealkylation sites (N-methyl/N-ethyl adjacent to an activating group) is 1. The molecule has 1 aromatic rings. The van der Waals surface area contributed by atoms with Gasteiger partial charge in [0.05, 0.1) is 13.5 Å². The third-order valence-corrected chi connectivity index (χ3v) is 2.99. The zero-order valence-corrected chi connectivity index (χ0v) is 12.4. The van der Waals surface area contributed by atoms with Crippen LogP contribution in [0, 0.1) is 13.8 Å². The number of aryl methyl sites for hydroxylation is 2. The molecule has 0 aromatic heterocycles. The first-order valence-corrected chi connectivity index (χ1v) is 6.45. The van der Waals surface area contributed by atoms with Crippen molar-refractivity contribution >= 4 is 11.9 Å². The fourth-order valence-electron chi connectivity index (χ4n) is 1.70. The SMILES string of the molecule is COC(=O)CCN(C)C(=O)COc1ccc(C)cc1C. The maximum atomic E-state index is 11.8. The normalized spacial score (nSPS) is 10.0.